The molecule has 0 radical (unpaired) electrons. The summed E-state index contributed by atoms with van der Waals surface area (Å²) in [5.74, 6) is 1.05. The van der Waals surface area contributed by atoms with Crippen molar-refractivity contribution < 1.29 is 9.50 Å². The van der Waals surface area contributed by atoms with E-state index >= 15 is 0 Å². The van der Waals surface area contributed by atoms with E-state index in [2.05, 4.69) is 34.0 Å². The zero-order valence-electron chi connectivity index (χ0n) is 15.3. The Kier molecular flexibility index (Phi) is 4.65. The molecule has 0 unspecified atom stereocenters. The van der Waals surface area contributed by atoms with Crippen LogP contribution in [0.5, 0.6) is 0 Å². The molecule has 6 nitrogen and oxygen atoms in total. The van der Waals surface area contributed by atoms with Gasteiger partial charge in [-0.3, -0.25) is 4.98 Å². The maximum absolute atomic E-state index is 14.1. The highest BCUT2D eigenvalue weighted by molar-refractivity contribution is 5.47. The Morgan fingerprint density at radius 3 is 2.77 bits per heavy atom. The minimum atomic E-state index is -0.438. The smallest absolute Gasteiger partial charge is 0.164 e. The van der Waals surface area contributed by atoms with E-state index in [0.717, 1.165) is 38.0 Å². The predicted octanol–water partition coefficient (Wildman–Crippen LogP) is 2.46. The molecule has 0 amide bonds. The van der Waals surface area contributed by atoms with Gasteiger partial charge >= 0.3 is 0 Å². The number of pyridine rings is 1. The molecule has 2 aromatic heterocycles. The molecule has 0 aromatic carbocycles. The number of hydrogen-bond donors (Lipinski definition) is 1. The summed E-state index contributed by atoms with van der Waals surface area (Å²) in [5.41, 5.74) is 1.58. The van der Waals surface area contributed by atoms with Crippen molar-refractivity contribution in [3.8, 4) is 0 Å². The first-order chi connectivity index (χ1) is 12.5. The molecule has 1 aliphatic carbocycles. The largest absolute Gasteiger partial charge is 0.391 e. The first-order valence-corrected chi connectivity index (χ1v) is 9.44. The fourth-order valence-electron chi connectivity index (χ4n) is 4.50. The zero-order chi connectivity index (χ0) is 18.3. The topological polar surface area (TPSA) is 67.1 Å². The van der Waals surface area contributed by atoms with Crippen molar-refractivity contribution in [1.82, 2.24) is 20.0 Å². The van der Waals surface area contributed by atoms with Gasteiger partial charge in [0.2, 0.25) is 0 Å². The van der Waals surface area contributed by atoms with Crippen molar-refractivity contribution in [2.45, 2.75) is 45.3 Å². The van der Waals surface area contributed by atoms with Gasteiger partial charge in [-0.05, 0) is 43.1 Å². The molecule has 2 fully saturated rings. The fourth-order valence-corrected chi connectivity index (χ4v) is 4.50. The van der Waals surface area contributed by atoms with Crippen molar-refractivity contribution in [1.29, 1.82) is 0 Å². The van der Waals surface area contributed by atoms with Gasteiger partial charge in [0.05, 0.1) is 29.7 Å². The number of aliphatic hydroxyl groups is 1. The normalized spacial score (nSPS) is 28.6. The van der Waals surface area contributed by atoms with Gasteiger partial charge < -0.3 is 10.0 Å². The van der Waals surface area contributed by atoms with Crippen molar-refractivity contribution in [3.63, 3.8) is 0 Å². The standard InChI is InChI=1S/C19H26FN5O/c1-12(2)5-15-11-25(23-22-15)18-6-13-9-24(10-14(13)7-19(18)26)17-3-4-21-8-16(17)20/h3-4,8,11-14,18-19,26H,5-7,9-10H2,1-2H3/t13-,14+,18-,19-/m1/s1. The second kappa shape index (κ2) is 6.95. The summed E-state index contributed by atoms with van der Waals surface area (Å²) in [6, 6.07) is 1.68. The Balaban J connectivity index is 1.48. The van der Waals surface area contributed by atoms with Crippen LogP contribution in [0, 0.1) is 23.6 Å². The Labute approximate surface area is 153 Å². The maximum Gasteiger partial charge on any atom is 0.164 e. The summed E-state index contributed by atoms with van der Waals surface area (Å²) in [4.78, 5) is 5.92. The second-order valence-electron chi connectivity index (χ2n) is 8.15. The molecule has 140 valence electrons. The molecule has 1 saturated heterocycles. The van der Waals surface area contributed by atoms with Crippen LogP contribution in [0.15, 0.2) is 24.7 Å². The first kappa shape index (κ1) is 17.4. The van der Waals surface area contributed by atoms with Crippen LogP contribution >= 0.6 is 0 Å². The molecular weight excluding hydrogens is 333 g/mol. The van der Waals surface area contributed by atoms with Crippen LogP contribution in [0.2, 0.25) is 0 Å². The quantitative estimate of drug-likeness (QED) is 0.908. The Morgan fingerprint density at radius 1 is 1.27 bits per heavy atom. The van der Waals surface area contributed by atoms with E-state index in [-0.39, 0.29) is 11.9 Å². The molecule has 7 heteroatoms. The summed E-state index contributed by atoms with van der Waals surface area (Å²) < 4.78 is 15.9. The van der Waals surface area contributed by atoms with E-state index in [0.29, 0.717) is 23.4 Å². The Morgan fingerprint density at radius 2 is 2.04 bits per heavy atom. The number of halogens is 1. The van der Waals surface area contributed by atoms with Crippen LogP contribution < -0.4 is 4.90 Å². The lowest BCUT2D eigenvalue weighted by Crippen LogP contribution is -2.36. The highest BCUT2D eigenvalue weighted by Crippen LogP contribution is 2.42. The number of aromatic nitrogens is 4. The third-order valence-electron chi connectivity index (χ3n) is 5.72. The molecule has 0 bridgehead atoms. The molecular formula is C19H26FN5O. The van der Waals surface area contributed by atoms with Gasteiger partial charge in [-0.25, -0.2) is 9.07 Å². The molecule has 2 aromatic rings. The van der Waals surface area contributed by atoms with Crippen LogP contribution in [-0.2, 0) is 6.42 Å². The lowest BCUT2D eigenvalue weighted by Gasteiger charge is -2.34. The first-order valence-electron chi connectivity index (χ1n) is 9.44. The number of fused-ring (bicyclic) bond motifs is 1. The molecule has 2 aliphatic rings. The molecule has 1 N–H and O–H groups in total. The number of anilines is 1. The van der Waals surface area contributed by atoms with Gasteiger partial charge in [-0.15, -0.1) is 5.10 Å². The van der Waals surface area contributed by atoms with E-state index in [9.17, 15) is 9.50 Å². The minimum absolute atomic E-state index is 0.0492. The lowest BCUT2D eigenvalue weighted by molar-refractivity contribution is 0.0298. The highest BCUT2D eigenvalue weighted by atomic mass is 19.1. The molecule has 4 atom stereocenters. The van der Waals surface area contributed by atoms with E-state index < -0.39 is 6.10 Å². The van der Waals surface area contributed by atoms with E-state index in [1.54, 1.807) is 12.3 Å². The van der Waals surface area contributed by atoms with Crippen LogP contribution in [-0.4, -0.2) is 44.3 Å². The van der Waals surface area contributed by atoms with Crippen LogP contribution in [0.3, 0.4) is 0 Å². The summed E-state index contributed by atoms with van der Waals surface area (Å²) in [7, 11) is 0. The molecule has 1 saturated carbocycles. The van der Waals surface area contributed by atoms with Crippen molar-refractivity contribution in [3.05, 3.63) is 36.2 Å². The summed E-state index contributed by atoms with van der Waals surface area (Å²) >= 11 is 0. The van der Waals surface area contributed by atoms with E-state index in [1.165, 1.54) is 6.20 Å². The second-order valence-corrected chi connectivity index (χ2v) is 8.15. The van der Waals surface area contributed by atoms with Crippen LogP contribution in [0.1, 0.15) is 38.4 Å². The average molecular weight is 359 g/mol. The van der Waals surface area contributed by atoms with Gasteiger partial charge in [-0.1, -0.05) is 19.1 Å². The molecule has 4 rings (SSSR count). The molecule has 26 heavy (non-hydrogen) atoms. The fraction of sp³-hybridized carbons (Fsp3) is 0.632. The third kappa shape index (κ3) is 3.32. The third-order valence-corrected chi connectivity index (χ3v) is 5.72. The SMILES string of the molecule is CC(C)Cc1cn([C@@H]2C[C@@H]3CN(c4ccncc4F)C[C@@H]3C[C@H]2O)nn1. The predicted molar refractivity (Wildman–Crippen MR) is 96.2 cm³/mol. The highest BCUT2D eigenvalue weighted by Gasteiger charge is 2.43. The Hall–Kier alpha value is -2.02. The summed E-state index contributed by atoms with van der Waals surface area (Å²) in [5, 5.41) is 19.2. The lowest BCUT2D eigenvalue weighted by atomic mass is 9.77. The van der Waals surface area contributed by atoms with Gasteiger partial charge in [0.25, 0.3) is 0 Å². The van der Waals surface area contributed by atoms with Gasteiger partial charge in [0.15, 0.2) is 5.82 Å². The number of rotatable bonds is 4. The molecule has 0 spiro atoms. The number of aliphatic hydroxyl groups excluding tert-OH is 1. The van der Waals surface area contributed by atoms with Gasteiger partial charge in [0, 0.05) is 25.5 Å². The Bertz CT molecular complexity index is 764. The summed E-state index contributed by atoms with van der Waals surface area (Å²) in [6.45, 7) is 5.91. The summed E-state index contributed by atoms with van der Waals surface area (Å²) in [6.07, 6.45) is 6.89. The number of hydrogen-bond acceptors (Lipinski definition) is 5. The monoisotopic (exact) mass is 359 g/mol. The van der Waals surface area contributed by atoms with E-state index in [1.807, 2.05) is 10.9 Å². The maximum atomic E-state index is 14.1. The average Bonchev–Trinajstić information content (AvgIpc) is 3.20. The number of nitrogens with zero attached hydrogens (tertiary/aromatic N) is 5. The zero-order valence-corrected chi connectivity index (χ0v) is 15.3. The van der Waals surface area contributed by atoms with E-state index in [4.69, 9.17) is 0 Å². The van der Waals surface area contributed by atoms with Crippen LogP contribution in [0.25, 0.3) is 0 Å². The van der Waals surface area contributed by atoms with Crippen LogP contribution in [0.4, 0.5) is 10.1 Å². The minimum Gasteiger partial charge on any atom is -0.391 e. The van der Waals surface area contributed by atoms with Crippen molar-refractivity contribution >= 4 is 5.69 Å². The van der Waals surface area contributed by atoms with Gasteiger partial charge in [-0.2, -0.15) is 0 Å². The molecule has 3 heterocycles. The van der Waals surface area contributed by atoms with Crippen molar-refractivity contribution in [2.24, 2.45) is 17.8 Å². The van der Waals surface area contributed by atoms with Gasteiger partial charge in [0.1, 0.15) is 0 Å². The van der Waals surface area contributed by atoms with Crippen molar-refractivity contribution in [2.75, 3.05) is 18.0 Å². The molecule has 1 aliphatic heterocycles.